The first-order chi connectivity index (χ1) is 5.79. The van der Waals surface area contributed by atoms with Crippen LogP contribution in [0, 0.1) is 0 Å². The van der Waals surface area contributed by atoms with E-state index >= 15 is 0 Å². The fraction of sp³-hybridized carbons (Fsp3) is 1.00. The van der Waals surface area contributed by atoms with Crippen LogP contribution in [-0.2, 0) is 9.47 Å². The first-order valence-corrected chi connectivity index (χ1v) is 6.69. The van der Waals surface area contributed by atoms with E-state index in [1.165, 1.54) is 24.9 Å². The lowest BCUT2D eigenvalue weighted by molar-refractivity contribution is -0.0475. The largest absolute Gasteiger partial charge is 0.360 e. The molecule has 0 rings (SSSR count). The van der Waals surface area contributed by atoms with Crippen molar-refractivity contribution in [2.75, 3.05) is 14.2 Å². The molecule has 0 spiro atoms. The molecule has 3 heteroatoms. The molecule has 0 saturated carbocycles. The van der Waals surface area contributed by atoms with Crippen molar-refractivity contribution in [3.8, 4) is 0 Å². The fourth-order valence-corrected chi connectivity index (χ4v) is 4.11. The van der Waals surface area contributed by atoms with Gasteiger partial charge < -0.3 is 9.47 Å². The fourth-order valence-electron chi connectivity index (χ4n) is 1.43. The summed E-state index contributed by atoms with van der Waals surface area (Å²) in [4.78, 5) is 0. The SMILES string of the molecule is CCC[Si](CCC)C(OC)OC. The van der Waals surface area contributed by atoms with E-state index < -0.39 is 8.80 Å². The smallest absolute Gasteiger partial charge is 0.138 e. The normalized spacial score (nSPS) is 11.5. The molecular formula is C9H21O2Si. The summed E-state index contributed by atoms with van der Waals surface area (Å²) >= 11 is 0. The van der Waals surface area contributed by atoms with E-state index in [2.05, 4.69) is 13.8 Å². The molecule has 0 aliphatic rings. The molecule has 0 unspecified atom stereocenters. The van der Waals surface area contributed by atoms with Crippen LogP contribution in [0.3, 0.4) is 0 Å². The van der Waals surface area contributed by atoms with Crippen LogP contribution in [0.2, 0.25) is 12.1 Å². The highest BCUT2D eigenvalue weighted by Gasteiger charge is 2.20. The average molecular weight is 189 g/mol. The molecule has 0 saturated heterocycles. The van der Waals surface area contributed by atoms with Crippen LogP contribution in [0.5, 0.6) is 0 Å². The molecule has 0 bridgehead atoms. The highest BCUT2D eigenvalue weighted by atomic mass is 28.3. The summed E-state index contributed by atoms with van der Waals surface area (Å²) in [7, 11) is 3.05. The Bertz CT molecular complexity index is 88.5. The standard InChI is InChI=1S/C9H21O2Si/c1-5-7-12(8-6-2)9(10-3)11-4/h9H,5-8H2,1-4H3. The van der Waals surface area contributed by atoms with Gasteiger partial charge in [-0.2, -0.15) is 0 Å². The van der Waals surface area contributed by atoms with Gasteiger partial charge in [0, 0.05) is 14.2 Å². The molecule has 0 aromatic carbocycles. The molecular weight excluding hydrogens is 168 g/mol. The summed E-state index contributed by atoms with van der Waals surface area (Å²) in [6.07, 6.45) is 2.50. The third-order valence-corrected chi connectivity index (χ3v) is 5.33. The van der Waals surface area contributed by atoms with Gasteiger partial charge in [-0.25, -0.2) is 0 Å². The van der Waals surface area contributed by atoms with E-state index in [-0.39, 0.29) is 5.91 Å². The summed E-state index contributed by atoms with van der Waals surface area (Å²) in [5.41, 5.74) is 0. The Labute approximate surface area is 77.9 Å². The zero-order chi connectivity index (χ0) is 9.40. The van der Waals surface area contributed by atoms with Crippen LogP contribution < -0.4 is 0 Å². The number of rotatable bonds is 7. The molecule has 0 heterocycles. The predicted octanol–water partition coefficient (Wildman–Crippen LogP) is 2.46. The number of hydrogen-bond acceptors (Lipinski definition) is 2. The highest BCUT2D eigenvalue weighted by molar-refractivity contribution is 6.59. The average Bonchev–Trinajstić information content (AvgIpc) is 2.07. The van der Waals surface area contributed by atoms with E-state index in [4.69, 9.17) is 9.47 Å². The maximum absolute atomic E-state index is 5.29. The molecule has 0 amide bonds. The van der Waals surface area contributed by atoms with Crippen LogP contribution in [0.4, 0.5) is 0 Å². The van der Waals surface area contributed by atoms with Gasteiger partial charge in [-0.05, 0) is 0 Å². The van der Waals surface area contributed by atoms with Gasteiger partial charge in [-0.1, -0.05) is 38.8 Å². The van der Waals surface area contributed by atoms with Crippen molar-refractivity contribution in [3.05, 3.63) is 0 Å². The summed E-state index contributed by atoms with van der Waals surface area (Å²) in [6.45, 7) is 4.45. The van der Waals surface area contributed by atoms with Gasteiger partial charge in [0.05, 0.1) is 0 Å². The van der Waals surface area contributed by atoms with Crippen LogP contribution in [0.25, 0.3) is 0 Å². The van der Waals surface area contributed by atoms with Gasteiger partial charge in [0.1, 0.15) is 14.7 Å². The van der Waals surface area contributed by atoms with E-state index in [1.807, 2.05) is 0 Å². The molecule has 0 aliphatic carbocycles. The molecule has 0 fully saturated rings. The van der Waals surface area contributed by atoms with Crippen molar-refractivity contribution in [2.45, 2.75) is 44.7 Å². The van der Waals surface area contributed by atoms with Crippen molar-refractivity contribution in [1.82, 2.24) is 0 Å². The van der Waals surface area contributed by atoms with Crippen LogP contribution in [0.15, 0.2) is 0 Å². The summed E-state index contributed by atoms with van der Waals surface area (Å²) < 4.78 is 10.6. The Morgan fingerprint density at radius 1 is 1.00 bits per heavy atom. The zero-order valence-electron chi connectivity index (χ0n) is 8.72. The quantitative estimate of drug-likeness (QED) is 0.452. The van der Waals surface area contributed by atoms with Gasteiger partial charge in [0.15, 0.2) is 0 Å². The lowest BCUT2D eigenvalue weighted by Crippen LogP contribution is -2.33. The Balaban J connectivity index is 3.86. The lowest BCUT2D eigenvalue weighted by atomic mass is 10.6. The highest BCUT2D eigenvalue weighted by Crippen LogP contribution is 2.12. The summed E-state index contributed by atoms with van der Waals surface area (Å²) in [5.74, 6) is 0.0925. The number of methoxy groups -OCH3 is 2. The Hall–Kier alpha value is 0.137. The second-order valence-corrected chi connectivity index (χ2v) is 5.75. The molecule has 0 N–H and O–H groups in total. The molecule has 0 aromatic heterocycles. The number of ether oxygens (including phenoxy) is 2. The van der Waals surface area contributed by atoms with E-state index in [0.29, 0.717) is 0 Å². The van der Waals surface area contributed by atoms with Gasteiger partial charge >= 0.3 is 0 Å². The van der Waals surface area contributed by atoms with E-state index in [0.717, 1.165) is 0 Å². The molecule has 1 radical (unpaired) electrons. The Morgan fingerprint density at radius 3 is 1.67 bits per heavy atom. The first-order valence-electron chi connectivity index (χ1n) is 4.70. The van der Waals surface area contributed by atoms with Crippen LogP contribution >= 0.6 is 0 Å². The van der Waals surface area contributed by atoms with E-state index in [9.17, 15) is 0 Å². The third-order valence-electron chi connectivity index (χ3n) is 1.90. The summed E-state index contributed by atoms with van der Waals surface area (Å²) in [6, 6.07) is 2.59. The van der Waals surface area contributed by atoms with Gasteiger partial charge in [0.2, 0.25) is 0 Å². The van der Waals surface area contributed by atoms with Gasteiger partial charge in [0.25, 0.3) is 0 Å². The molecule has 73 valence electrons. The van der Waals surface area contributed by atoms with Crippen LogP contribution in [-0.4, -0.2) is 28.9 Å². The topological polar surface area (TPSA) is 18.5 Å². The minimum absolute atomic E-state index is 0.0925. The maximum Gasteiger partial charge on any atom is 0.138 e. The minimum atomic E-state index is -0.431. The monoisotopic (exact) mass is 189 g/mol. The summed E-state index contributed by atoms with van der Waals surface area (Å²) in [5, 5.41) is 0. The molecule has 0 atom stereocenters. The van der Waals surface area contributed by atoms with Crippen molar-refractivity contribution in [2.24, 2.45) is 0 Å². The van der Waals surface area contributed by atoms with Crippen molar-refractivity contribution in [3.63, 3.8) is 0 Å². The minimum Gasteiger partial charge on any atom is -0.360 e. The van der Waals surface area contributed by atoms with Crippen molar-refractivity contribution in [1.29, 1.82) is 0 Å². The van der Waals surface area contributed by atoms with Crippen molar-refractivity contribution < 1.29 is 9.47 Å². The predicted molar refractivity (Wildman–Crippen MR) is 53.8 cm³/mol. The zero-order valence-corrected chi connectivity index (χ0v) is 9.72. The van der Waals surface area contributed by atoms with Crippen molar-refractivity contribution >= 4 is 8.80 Å². The Kier molecular flexibility index (Phi) is 7.86. The first kappa shape index (κ1) is 12.1. The van der Waals surface area contributed by atoms with Crippen LogP contribution in [0.1, 0.15) is 26.7 Å². The molecule has 2 nitrogen and oxygen atoms in total. The van der Waals surface area contributed by atoms with Gasteiger partial charge in [-0.15, -0.1) is 0 Å². The Morgan fingerprint density at radius 2 is 1.42 bits per heavy atom. The number of hydrogen-bond donors (Lipinski definition) is 0. The second-order valence-electron chi connectivity index (χ2n) is 2.96. The van der Waals surface area contributed by atoms with E-state index in [1.54, 1.807) is 14.2 Å². The molecule has 12 heavy (non-hydrogen) atoms. The lowest BCUT2D eigenvalue weighted by Gasteiger charge is -2.22. The van der Waals surface area contributed by atoms with Gasteiger partial charge in [-0.3, -0.25) is 0 Å². The second kappa shape index (κ2) is 7.77. The molecule has 0 aromatic rings. The maximum atomic E-state index is 5.29. The molecule has 0 aliphatic heterocycles. The third kappa shape index (κ3) is 4.23.